The van der Waals surface area contributed by atoms with Crippen molar-refractivity contribution >= 4 is 17.7 Å². The lowest BCUT2D eigenvalue weighted by atomic mass is 10.1. The Balaban J connectivity index is 1.47. The Bertz CT molecular complexity index is 830. The summed E-state index contributed by atoms with van der Waals surface area (Å²) in [5, 5.41) is 6.34. The van der Waals surface area contributed by atoms with E-state index in [1.807, 2.05) is 44.2 Å². The maximum Gasteiger partial charge on any atom is 0.409 e. The number of benzene rings is 1. The maximum absolute atomic E-state index is 12.3. The van der Waals surface area contributed by atoms with Gasteiger partial charge in [0.15, 0.2) is 0 Å². The molecule has 1 aromatic heterocycles. The summed E-state index contributed by atoms with van der Waals surface area (Å²) in [6.45, 7) is 6.05. The number of carbonyl (C=O) groups excluding carboxylic acids is 2. The second-order valence-electron chi connectivity index (χ2n) is 7.15. The van der Waals surface area contributed by atoms with Crippen molar-refractivity contribution in [3.8, 4) is 0 Å². The van der Waals surface area contributed by atoms with Gasteiger partial charge in [-0.3, -0.25) is 4.79 Å². The molecule has 1 aromatic carbocycles. The topological polar surface area (TPSA) is 83.6 Å². The van der Waals surface area contributed by atoms with Crippen molar-refractivity contribution < 1.29 is 14.3 Å². The van der Waals surface area contributed by atoms with E-state index < -0.39 is 0 Å². The zero-order valence-electron chi connectivity index (χ0n) is 17.0. The maximum atomic E-state index is 12.3. The molecule has 1 aliphatic rings. The first-order valence-corrected chi connectivity index (χ1v) is 10.0. The second-order valence-corrected chi connectivity index (χ2v) is 7.15. The summed E-state index contributed by atoms with van der Waals surface area (Å²) >= 11 is 0. The van der Waals surface area contributed by atoms with Gasteiger partial charge in [-0.25, -0.2) is 9.78 Å². The molecule has 1 aliphatic heterocycles. The van der Waals surface area contributed by atoms with E-state index >= 15 is 0 Å². The largest absolute Gasteiger partial charge is 0.450 e. The van der Waals surface area contributed by atoms with E-state index in [0.717, 1.165) is 29.7 Å². The van der Waals surface area contributed by atoms with Crippen LogP contribution in [0.3, 0.4) is 0 Å². The number of aryl methyl sites for hydroxylation is 1. The monoisotopic (exact) mass is 396 g/mol. The molecule has 0 aliphatic carbocycles. The molecule has 7 nitrogen and oxygen atoms in total. The Hall–Kier alpha value is -3.09. The van der Waals surface area contributed by atoms with Crippen molar-refractivity contribution in [3.05, 3.63) is 59.4 Å². The van der Waals surface area contributed by atoms with Crippen molar-refractivity contribution in [2.24, 2.45) is 0 Å². The number of rotatable bonds is 6. The van der Waals surface area contributed by atoms with E-state index in [2.05, 4.69) is 15.6 Å². The van der Waals surface area contributed by atoms with Gasteiger partial charge in [-0.05, 0) is 49.9 Å². The van der Waals surface area contributed by atoms with Crippen LogP contribution in [-0.4, -0.2) is 47.6 Å². The number of hydrogen-bond donors (Lipinski definition) is 2. The minimum Gasteiger partial charge on any atom is -0.450 e. The van der Waals surface area contributed by atoms with Crippen LogP contribution in [0.1, 0.15) is 41.4 Å². The molecule has 2 aromatic rings. The van der Waals surface area contributed by atoms with Crippen LogP contribution in [0.5, 0.6) is 0 Å². The van der Waals surface area contributed by atoms with Crippen LogP contribution in [0, 0.1) is 6.92 Å². The van der Waals surface area contributed by atoms with Crippen molar-refractivity contribution in [1.82, 2.24) is 15.2 Å². The summed E-state index contributed by atoms with van der Waals surface area (Å²) in [5.74, 6) is -0.192. The summed E-state index contributed by atoms with van der Waals surface area (Å²) in [6, 6.07) is 11.8. The number of carbonyl (C=O) groups is 2. The zero-order valence-corrected chi connectivity index (χ0v) is 17.0. The highest BCUT2D eigenvalue weighted by Gasteiger charge is 2.23. The van der Waals surface area contributed by atoms with E-state index in [0.29, 0.717) is 31.9 Å². The molecular formula is C22H28N4O3. The van der Waals surface area contributed by atoms with E-state index in [1.54, 1.807) is 17.2 Å². The van der Waals surface area contributed by atoms with E-state index in [-0.39, 0.29) is 18.0 Å². The van der Waals surface area contributed by atoms with Gasteiger partial charge in [-0.15, -0.1) is 0 Å². The van der Waals surface area contributed by atoms with Gasteiger partial charge < -0.3 is 20.3 Å². The van der Waals surface area contributed by atoms with Crippen LogP contribution in [-0.2, 0) is 11.3 Å². The molecule has 2 amide bonds. The molecule has 0 spiro atoms. The molecule has 154 valence electrons. The molecule has 0 atom stereocenters. The summed E-state index contributed by atoms with van der Waals surface area (Å²) in [4.78, 5) is 30.1. The van der Waals surface area contributed by atoms with Gasteiger partial charge in [0.25, 0.3) is 5.91 Å². The fourth-order valence-electron chi connectivity index (χ4n) is 3.34. The molecule has 0 radical (unpaired) electrons. The lowest BCUT2D eigenvalue weighted by Gasteiger charge is -2.32. The predicted molar refractivity (Wildman–Crippen MR) is 112 cm³/mol. The molecular weight excluding hydrogens is 368 g/mol. The number of nitrogens with one attached hydrogen (secondary N) is 2. The minimum absolute atomic E-state index is 0.192. The number of ether oxygens (including phenoxy) is 1. The van der Waals surface area contributed by atoms with Crippen molar-refractivity contribution in [2.75, 3.05) is 25.0 Å². The Morgan fingerprint density at radius 2 is 1.93 bits per heavy atom. The number of aromatic nitrogens is 1. The first-order valence-electron chi connectivity index (χ1n) is 10.0. The van der Waals surface area contributed by atoms with Crippen LogP contribution < -0.4 is 10.6 Å². The average molecular weight is 396 g/mol. The molecule has 2 N–H and O–H groups in total. The number of hydrogen-bond acceptors (Lipinski definition) is 5. The van der Waals surface area contributed by atoms with Crippen LogP contribution in [0.4, 0.5) is 10.5 Å². The summed E-state index contributed by atoms with van der Waals surface area (Å²) in [7, 11) is 0. The third-order valence-electron chi connectivity index (χ3n) is 5.09. The smallest absolute Gasteiger partial charge is 0.409 e. The van der Waals surface area contributed by atoms with E-state index in [1.165, 1.54) is 0 Å². The highest BCUT2D eigenvalue weighted by atomic mass is 16.6. The van der Waals surface area contributed by atoms with Gasteiger partial charge in [-0.2, -0.15) is 0 Å². The Kier molecular flexibility index (Phi) is 7.05. The second kappa shape index (κ2) is 9.91. The Morgan fingerprint density at radius 1 is 1.17 bits per heavy atom. The van der Waals surface area contributed by atoms with E-state index in [9.17, 15) is 9.59 Å². The third kappa shape index (κ3) is 5.70. The Morgan fingerprint density at radius 3 is 2.59 bits per heavy atom. The van der Waals surface area contributed by atoms with Crippen LogP contribution >= 0.6 is 0 Å². The molecule has 1 saturated heterocycles. The molecule has 0 unspecified atom stereocenters. The SMILES string of the molecule is CCOC(=O)N1CCC(Nc2ccc(C(=O)NCc3ccccc3C)nc2)CC1. The molecule has 29 heavy (non-hydrogen) atoms. The lowest BCUT2D eigenvalue weighted by molar-refractivity contribution is 0.0944. The summed E-state index contributed by atoms with van der Waals surface area (Å²) in [6.07, 6.45) is 3.13. The first kappa shape index (κ1) is 20.6. The molecule has 0 bridgehead atoms. The van der Waals surface area contributed by atoms with Crippen LogP contribution in [0.2, 0.25) is 0 Å². The van der Waals surface area contributed by atoms with Gasteiger partial charge in [-0.1, -0.05) is 24.3 Å². The summed E-state index contributed by atoms with van der Waals surface area (Å²) < 4.78 is 5.04. The van der Waals surface area contributed by atoms with Gasteiger partial charge in [0.05, 0.1) is 18.5 Å². The van der Waals surface area contributed by atoms with Crippen LogP contribution in [0.15, 0.2) is 42.6 Å². The number of nitrogens with zero attached hydrogens (tertiary/aromatic N) is 2. The van der Waals surface area contributed by atoms with Gasteiger partial charge in [0.2, 0.25) is 0 Å². The van der Waals surface area contributed by atoms with Crippen molar-refractivity contribution in [1.29, 1.82) is 0 Å². The molecule has 1 fully saturated rings. The number of anilines is 1. The number of amides is 2. The standard InChI is InChI=1S/C22H28N4O3/c1-3-29-22(28)26-12-10-18(11-13-26)25-19-8-9-20(23-15-19)21(27)24-14-17-7-5-4-6-16(17)2/h4-9,15,18,25H,3,10-14H2,1-2H3,(H,24,27). The number of pyridine rings is 1. The third-order valence-corrected chi connectivity index (χ3v) is 5.09. The van der Waals surface area contributed by atoms with Crippen molar-refractivity contribution in [3.63, 3.8) is 0 Å². The number of piperidine rings is 1. The van der Waals surface area contributed by atoms with Gasteiger partial charge in [0, 0.05) is 25.7 Å². The molecule has 3 rings (SSSR count). The van der Waals surface area contributed by atoms with E-state index in [4.69, 9.17) is 4.74 Å². The normalized spacial score (nSPS) is 14.3. The van der Waals surface area contributed by atoms with Gasteiger partial charge in [0.1, 0.15) is 5.69 Å². The zero-order chi connectivity index (χ0) is 20.6. The first-order chi connectivity index (χ1) is 14.1. The van der Waals surface area contributed by atoms with Crippen molar-refractivity contribution in [2.45, 2.75) is 39.3 Å². The molecule has 2 heterocycles. The highest BCUT2D eigenvalue weighted by Crippen LogP contribution is 2.17. The molecule has 7 heteroatoms. The fourth-order valence-corrected chi connectivity index (χ4v) is 3.34. The predicted octanol–water partition coefficient (Wildman–Crippen LogP) is 3.35. The lowest BCUT2D eigenvalue weighted by Crippen LogP contribution is -2.42. The minimum atomic E-state index is -0.242. The molecule has 0 saturated carbocycles. The van der Waals surface area contributed by atoms with Crippen LogP contribution in [0.25, 0.3) is 0 Å². The quantitative estimate of drug-likeness (QED) is 0.782. The summed E-state index contributed by atoms with van der Waals surface area (Å²) in [5.41, 5.74) is 3.50. The fraction of sp³-hybridized carbons (Fsp3) is 0.409. The Labute approximate surface area is 171 Å². The number of likely N-dealkylation sites (tertiary alicyclic amines) is 1. The average Bonchev–Trinajstić information content (AvgIpc) is 2.74. The highest BCUT2D eigenvalue weighted by molar-refractivity contribution is 5.92. The van der Waals surface area contributed by atoms with Gasteiger partial charge >= 0.3 is 6.09 Å².